The van der Waals surface area contributed by atoms with E-state index in [1.165, 1.54) is 6.20 Å². The average Bonchev–Trinajstić information content (AvgIpc) is 3.52. The summed E-state index contributed by atoms with van der Waals surface area (Å²) in [6.07, 6.45) is 6.22. The molecule has 3 nitrogen and oxygen atoms in total. The number of fused-ring (bicyclic) bond motifs is 10. The van der Waals surface area contributed by atoms with E-state index < -0.39 is 12.7 Å². The van der Waals surface area contributed by atoms with Crippen molar-refractivity contribution in [3.8, 4) is 11.3 Å². The number of aryl methyl sites for hydroxylation is 1. The van der Waals surface area contributed by atoms with Crippen molar-refractivity contribution in [1.82, 2.24) is 9.97 Å². The fourth-order valence-electron chi connectivity index (χ4n) is 6.99. The average molecular weight is 793 g/mol. The van der Waals surface area contributed by atoms with Crippen LogP contribution in [0.4, 0.5) is 0 Å². The number of nitrogens with zero attached hydrogens (tertiary/aromatic N) is 2. The van der Waals surface area contributed by atoms with Crippen molar-refractivity contribution in [3.63, 3.8) is 0 Å². The molecular formula is C43H36IrN2O-2. The fourth-order valence-corrected chi connectivity index (χ4v) is 6.99. The molecule has 9 rings (SSSR count). The van der Waals surface area contributed by atoms with Crippen molar-refractivity contribution >= 4 is 54.4 Å². The Bertz CT molecular complexity index is 2480. The first-order chi connectivity index (χ1) is 24.0. The SMILES string of the molecule is [2H]C([2H])([2H])c1cnc2c3[c-]cccc3c3c(ccc4c5ccccc5oc43)c2c1C1([2H])CCC(C)(C)CC1.[Ir].[c-]1ccccc1-c1ccccn1. The zero-order valence-corrected chi connectivity index (χ0v) is 28.8. The predicted molar refractivity (Wildman–Crippen MR) is 191 cm³/mol. The van der Waals surface area contributed by atoms with Gasteiger partial charge in [-0.15, -0.1) is 65.5 Å². The van der Waals surface area contributed by atoms with Gasteiger partial charge in [0.1, 0.15) is 11.2 Å². The van der Waals surface area contributed by atoms with Crippen molar-refractivity contribution < 1.29 is 30.0 Å². The summed E-state index contributed by atoms with van der Waals surface area (Å²) in [4.78, 5) is 8.98. The molecule has 1 fully saturated rings. The third-order valence-corrected chi connectivity index (χ3v) is 9.47. The number of hydrogen-bond donors (Lipinski definition) is 0. The molecule has 0 aliphatic heterocycles. The van der Waals surface area contributed by atoms with Crippen LogP contribution in [0, 0.1) is 24.4 Å². The molecule has 47 heavy (non-hydrogen) atoms. The van der Waals surface area contributed by atoms with Crippen LogP contribution in [0.5, 0.6) is 0 Å². The zero-order chi connectivity index (χ0) is 34.7. The van der Waals surface area contributed by atoms with Crippen molar-refractivity contribution in [2.45, 2.75) is 52.3 Å². The van der Waals surface area contributed by atoms with Gasteiger partial charge in [-0.05, 0) is 101 Å². The van der Waals surface area contributed by atoms with Gasteiger partial charge in [0, 0.05) is 48.8 Å². The molecule has 235 valence electrons. The van der Waals surface area contributed by atoms with Gasteiger partial charge < -0.3 is 14.4 Å². The Kier molecular flexibility index (Phi) is 7.19. The molecule has 1 aliphatic carbocycles. The van der Waals surface area contributed by atoms with Crippen LogP contribution >= 0.6 is 0 Å². The van der Waals surface area contributed by atoms with E-state index in [0.29, 0.717) is 23.9 Å². The summed E-state index contributed by atoms with van der Waals surface area (Å²) in [5.41, 5.74) is 5.20. The van der Waals surface area contributed by atoms with E-state index in [0.717, 1.165) is 73.0 Å². The van der Waals surface area contributed by atoms with E-state index in [1.807, 2.05) is 72.8 Å². The normalized spacial score (nSPS) is 16.9. The predicted octanol–water partition coefficient (Wildman–Crippen LogP) is 11.8. The smallest absolute Gasteiger partial charge is 0.135 e. The summed E-state index contributed by atoms with van der Waals surface area (Å²) in [7, 11) is 0. The molecule has 1 aliphatic rings. The molecule has 3 aromatic heterocycles. The summed E-state index contributed by atoms with van der Waals surface area (Å²) < 4.78 is 41.5. The molecule has 0 N–H and O–H groups in total. The van der Waals surface area contributed by atoms with Crippen LogP contribution < -0.4 is 0 Å². The van der Waals surface area contributed by atoms with Crippen molar-refractivity contribution in [3.05, 3.63) is 133 Å². The van der Waals surface area contributed by atoms with Gasteiger partial charge in [-0.1, -0.05) is 55.6 Å². The van der Waals surface area contributed by atoms with Crippen molar-refractivity contribution in [1.29, 1.82) is 0 Å². The molecule has 0 spiro atoms. The Hall–Kier alpha value is -4.37. The van der Waals surface area contributed by atoms with E-state index in [-0.39, 0.29) is 31.1 Å². The minimum atomic E-state index is -2.39. The quantitative estimate of drug-likeness (QED) is 0.129. The number of pyridine rings is 2. The maximum atomic E-state index is 9.76. The minimum Gasteiger partial charge on any atom is -0.456 e. The molecule has 3 heterocycles. The number of benzene rings is 5. The molecule has 8 aromatic rings. The number of para-hydroxylation sites is 1. The summed E-state index contributed by atoms with van der Waals surface area (Å²) in [6.45, 7) is 2.08. The van der Waals surface area contributed by atoms with Crippen LogP contribution in [0.15, 0.2) is 114 Å². The Morgan fingerprint density at radius 3 is 2.34 bits per heavy atom. The van der Waals surface area contributed by atoms with Crippen LogP contribution in [-0.4, -0.2) is 9.97 Å². The Labute approximate surface area is 295 Å². The van der Waals surface area contributed by atoms with Crippen LogP contribution in [0.3, 0.4) is 0 Å². The molecule has 0 atom stereocenters. The second kappa shape index (κ2) is 12.7. The standard InChI is InChI=1S/C32H28NO.C11H8N.Ir/c1-19-18-33-30-23-10-5-4-9-22(23)28-25(29(30)27(19)20-14-16-32(2,3)17-15-20)13-12-24-21-8-6-7-11-26(21)34-31(24)28;1-2-6-10(7-3-1)11-8-4-5-9-12-11;/h4-9,11-13,18,20H,14-17H2,1-3H3;1-6,8-9H;/q2*-1;/i1D3,20D;;. The van der Waals surface area contributed by atoms with Gasteiger partial charge in [0.25, 0.3) is 0 Å². The first-order valence-electron chi connectivity index (χ1n) is 17.9. The number of rotatable bonds is 2. The Morgan fingerprint density at radius 2 is 1.55 bits per heavy atom. The third-order valence-electron chi connectivity index (χ3n) is 9.47. The second-order valence-corrected chi connectivity index (χ2v) is 13.0. The fraction of sp³-hybridized carbons (Fsp3) is 0.209. The van der Waals surface area contributed by atoms with E-state index in [2.05, 4.69) is 55.2 Å². The summed E-state index contributed by atoms with van der Waals surface area (Å²) >= 11 is 0. The van der Waals surface area contributed by atoms with Gasteiger partial charge in [0.15, 0.2) is 0 Å². The Balaban J connectivity index is 0.000000265. The molecule has 0 unspecified atom stereocenters. The first kappa shape index (κ1) is 26.7. The molecule has 0 amide bonds. The topological polar surface area (TPSA) is 38.9 Å². The maximum Gasteiger partial charge on any atom is 0.135 e. The molecule has 1 saturated carbocycles. The molecular weight excluding hydrogens is 753 g/mol. The number of hydrogen-bond acceptors (Lipinski definition) is 3. The van der Waals surface area contributed by atoms with Crippen LogP contribution in [0.25, 0.3) is 65.6 Å². The zero-order valence-electron chi connectivity index (χ0n) is 30.4. The molecule has 0 saturated heterocycles. The van der Waals surface area contributed by atoms with Crippen molar-refractivity contribution in [2.24, 2.45) is 5.41 Å². The van der Waals surface area contributed by atoms with Crippen LogP contribution in [0.2, 0.25) is 0 Å². The van der Waals surface area contributed by atoms with Gasteiger partial charge >= 0.3 is 0 Å². The Morgan fingerprint density at radius 1 is 0.787 bits per heavy atom. The van der Waals surface area contributed by atoms with Crippen molar-refractivity contribution in [2.75, 3.05) is 0 Å². The van der Waals surface area contributed by atoms with E-state index in [1.54, 1.807) is 6.20 Å². The second-order valence-electron chi connectivity index (χ2n) is 13.0. The molecule has 0 bridgehead atoms. The minimum absolute atomic E-state index is 0. The summed E-state index contributed by atoms with van der Waals surface area (Å²) in [6, 6.07) is 38.2. The van der Waals surface area contributed by atoms with Gasteiger partial charge in [0.2, 0.25) is 0 Å². The molecule has 1 radical (unpaired) electrons. The van der Waals surface area contributed by atoms with E-state index >= 15 is 0 Å². The van der Waals surface area contributed by atoms with E-state index in [4.69, 9.17) is 13.5 Å². The van der Waals surface area contributed by atoms with Gasteiger partial charge in [0.05, 0.1) is 0 Å². The largest absolute Gasteiger partial charge is 0.456 e. The summed E-state index contributed by atoms with van der Waals surface area (Å²) in [5.74, 6) is -1.03. The number of furan rings is 1. The number of aromatic nitrogens is 2. The molecule has 4 heteroatoms. The monoisotopic (exact) mass is 793 g/mol. The van der Waals surface area contributed by atoms with E-state index in [9.17, 15) is 1.37 Å². The first-order valence-corrected chi connectivity index (χ1v) is 15.9. The molecule has 5 aromatic carbocycles. The third kappa shape index (κ3) is 5.64. The van der Waals surface area contributed by atoms with Crippen LogP contribution in [-0.2, 0) is 20.1 Å². The van der Waals surface area contributed by atoms with Gasteiger partial charge in [-0.2, -0.15) is 0 Å². The van der Waals surface area contributed by atoms with Crippen LogP contribution in [0.1, 0.15) is 62.0 Å². The van der Waals surface area contributed by atoms with Gasteiger partial charge in [-0.25, -0.2) is 0 Å². The summed E-state index contributed by atoms with van der Waals surface area (Å²) in [5, 5.41) is 6.38. The maximum absolute atomic E-state index is 9.76. The van der Waals surface area contributed by atoms with Gasteiger partial charge in [-0.3, -0.25) is 0 Å².